The first-order chi connectivity index (χ1) is 15.3. The lowest BCUT2D eigenvalue weighted by Crippen LogP contribution is -2.60. The van der Waals surface area contributed by atoms with Gasteiger partial charge in [-0.1, -0.05) is 18.2 Å². The molecule has 0 bridgehead atoms. The van der Waals surface area contributed by atoms with Crippen molar-refractivity contribution >= 4 is 17.9 Å². The molecule has 3 amide bonds. The molecule has 1 aromatic carbocycles. The van der Waals surface area contributed by atoms with Crippen LogP contribution in [-0.2, 0) is 14.3 Å². The molecule has 0 aromatic heterocycles. The van der Waals surface area contributed by atoms with Crippen molar-refractivity contribution in [2.45, 2.75) is 98.0 Å². The Labute approximate surface area is 202 Å². The average molecular weight is 480 g/mol. The molecule has 0 saturated heterocycles. The topological polar surface area (TPSA) is 128 Å². The van der Waals surface area contributed by atoms with Crippen molar-refractivity contribution in [2.75, 3.05) is 6.61 Å². The zero-order chi connectivity index (χ0) is 26.6. The van der Waals surface area contributed by atoms with Crippen LogP contribution < -0.4 is 10.6 Å². The second kappa shape index (κ2) is 10.6. The molecular formula is C25H41N3O6. The lowest BCUT2D eigenvalue weighted by Gasteiger charge is -2.43. The van der Waals surface area contributed by atoms with Crippen LogP contribution in [0, 0.1) is 6.92 Å². The number of carbonyl (C=O) groups is 3. The Hall–Kier alpha value is -2.81. The zero-order valence-electron chi connectivity index (χ0n) is 22.1. The van der Waals surface area contributed by atoms with Gasteiger partial charge in [0.2, 0.25) is 11.8 Å². The summed E-state index contributed by atoms with van der Waals surface area (Å²) >= 11 is 0. The van der Waals surface area contributed by atoms with Crippen LogP contribution in [0.15, 0.2) is 18.2 Å². The summed E-state index contributed by atoms with van der Waals surface area (Å²) in [6.45, 7) is 16.6. The van der Waals surface area contributed by atoms with Gasteiger partial charge in [-0.15, -0.1) is 0 Å². The van der Waals surface area contributed by atoms with Crippen LogP contribution in [0.5, 0.6) is 5.75 Å². The molecule has 0 radical (unpaired) electrons. The van der Waals surface area contributed by atoms with Gasteiger partial charge in [-0.2, -0.15) is 0 Å². The van der Waals surface area contributed by atoms with Crippen LogP contribution in [0.2, 0.25) is 0 Å². The van der Waals surface area contributed by atoms with E-state index in [0.29, 0.717) is 5.56 Å². The third kappa shape index (κ3) is 8.20. The fraction of sp³-hybridized carbons (Fsp3) is 0.640. The predicted molar refractivity (Wildman–Crippen MR) is 130 cm³/mol. The van der Waals surface area contributed by atoms with Gasteiger partial charge in [-0.3, -0.25) is 9.59 Å². The number of hydrogen-bond donors (Lipinski definition) is 4. The Morgan fingerprint density at radius 1 is 1.03 bits per heavy atom. The fourth-order valence-corrected chi connectivity index (χ4v) is 3.39. The van der Waals surface area contributed by atoms with Gasteiger partial charge in [0.05, 0.1) is 6.61 Å². The number of nitrogens with one attached hydrogen (secondary N) is 2. The second-order valence-electron chi connectivity index (χ2n) is 11.4. The first-order valence-corrected chi connectivity index (χ1v) is 11.3. The number of benzene rings is 1. The van der Waals surface area contributed by atoms with E-state index in [4.69, 9.17) is 4.74 Å². The molecule has 0 fully saturated rings. The number of rotatable bonds is 6. The number of para-hydroxylation sites is 1. The van der Waals surface area contributed by atoms with Crippen LogP contribution >= 0.6 is 0 Å². The molecule has 34 heavy (non-hydrogen) atoms. The van der Waals surface area contributed by atoms with Gasteiger partial charge < -0.3 is 30.5 Å². The summed E-state index contributed by atoms with van der Waals surface area (Å²) in [5.41, 5.74) is -1.58. The molecule has 4 N–H and O–H groups in total. The number of aliphatic hydroxyl groups excluding tert-OH is 1. The SMILES string of the molecule is Cc1cccc(C(C(=O)NC(C)(C)C)N(C(=O)C(CO)NC(=O)OC(C)(C)C)C(C)(C)C)c1O. The molecule has 0 aliphatic carbocycles. The van der Waals surface area contributed by atoms with Crippen molar-refractivity contribution in [2.24, 2.45) is 0 Å². The normalized spacial score (nSPS) is 14.1. The van der Waals surface area contributed by atoms with E-state index in [9.17, 15) is 24.6 Å². The highest BCUT2D eigenvalue weighted by molar-refractivity contribution is 5.93. The number of carbonyl (C=O) groups excluding carboxylic acids is 3. The zero-order valence-corrected chi connectivity index (χ0v) is 22.1. The van der Waals surface area contributed by atoms with E-state index in [1.54, 1.807) is 66.7 Å². The largest absolute Gasteiger partial charge is 0.507 e. The maximum absolute atomic E-state index is 13.7. The summed E-state index contributed by atoms with van der Waals surface area (Å²) in [5.74, 6) is -1.32. The minimum Gasteiger partial charge on any atom is -0.507 e. The molecule has 2 atom stereocenters. The van der Waals surface area contributed by atoms with Crippen LogP contribution in [0.25, 0.3) is 0 Å². The number of ether oxygens (including phenoxy) is 1. The summed E-state index contributed by atoms with van der Waals surface area (Å²) in [7, 11) is 0. The first kappa shape index (κ1) is 29.2. The standard InChI is InChI=1S/C25H41N3O6/c1-15-12-11-13-16(19(15)30)18(20(31)27-23(2,3)4)28(24(5,6)7)21(32)17(14-29)26-22(33)34-25(8,9)10/h11-13,17-18,29-30H,14H2,1-10H3,(H,26,33)(H,27,31). The number of aryl methyl sites for hydroxylation is 1. The van der Waals surface area contributed by atoms with Gasteiger partial charge >= 0.3 is 6.09 Å². The number of hydrogen-bond acceptors (Lipinski definition) is 6. The van der Waals surface area contributed by atoms with Gasteiger partial charge in [0.1, 0.15) is 23.4 Å². The maximum atomic E-state index is 13.7. The Kier molecular flexibility index (Phi) is 9.14. The van der Waals surface area contributed by atoms with Gasteiger partial charge in [0.15, 0.2) is 0 Å². The number of nitrogens with zero attached hydrogens (tertiary/aromatic N) is 1. The number of phenols is 1. The molecule has 1 rings (SSSR count). The Balaban J connectivity index is 3.60. The highest BCUT2D eigenvalue weighted by Gasteiger charge is 2.43. The lowest BCUT2D eigenvalue weighted by atomic mass is 9.93. The average Bonchev–Trinajstić information content (AvgIpc) is 2.62. The molecule has 0 saturated carbocycles. The van der Waals surface area contributed by atoms with Crippen molar-refractivity contribution in [3.63, 3.8) is 0 Å². The van der Waals surface area contributed by atoms with Gasteiger partial charge in [-0.25, -0.2) is 4.79 Å². The van der Waals surface area contributed by atoms with Crippen molar-refractivity contribution in [3.05, 3.63) is 29.3 Å². The number of alkyl carbamates (subject to hydrolysis) is 1. The Bertz CT molecular complexity index is 893. The van der Waals surface area contributed by atoms with Gasteiger partial charge in [-0.05, 0) is 74.8 Å². The molecular weight excluding hydrogens is 438 g/mol. The number of aliphatic hydroxyl groups is 1. The Morgan fingerprint density at radius 2 is 1.59 bits per heavy atom. The maximum Gasteiger partial charge on any atom is 0.408 e. The molecule has 9 heteroatoms. The predicted octanol–water partition coefficient (Wildman–Crippen LogP) is 3.17. The van der Waals surface area contributed by atoms with E-state index in [-0.39, 0.29) is 11.3 Å². The summed E-state index contributed by atoms with van der Waals surface area (Å²) in [5, 5.41) is 26.1. The third-order valence-electron chi connectivity index (χ3n) is 4.70. The quantitative estimate of drug-likeness (QED) is 0.496. The van der Waals surface area contributed by atoms with Crippen LogP contribution in [0.3, 0.4) is 0 Å². The molecule has 0 aliphatic rings. The molecule has 9 nitrogen and oxygen atoms in total. The monoisotopic (exact) mass is 479 g/mol. The number of aromatic hydroxyl groups is 1. The highest BCUT2D eigenvalue weighted by atomic mass is 16.6. The van der Waals surface area contributed by atoms with E-state index in [1.165, 1.54) is 4.90 Å². The smallest absolute Gasteiger partial charge is 0.408 e. The van der Waals surface area contributed by atoms with E-state index in [2.05, 4.69) is 10.6 Å². The molecule has 1 aromatic rings. The molecule has 192 valence electrons. The van der Waals surface area contributed by atoms with E-state index in [1.807, 2.05) is 20.8 Å². The minimum absolute atomic E-state index is 0.112. The first-order valence-electron chi connectivity index (χ1n) is 11.3. The number of amides is 3. The molecule has 0 spiro atoms. The van der Waals surface area contributed by atoms with E-state index in [0.717, 1.165) is 0 Å². The van der Waals surface area contributed by atoms with Crippen LogP contribution in [0.4, 0.5) is 4.79 Å². The minimum atomic E-state index is -1.37. The van der Waals surface area contributed by atoms with E-state index < -0.39 is 53.3 Å². The Morgan fingerprint density at radius 3 is 2.03 bits per heavy atom. The second-order valence-corrected chi connectivity index (χ2v) is 11.4. The lowest BCUT2D eigenvalue weighted by molar-refractivity contribution is -0.149. The molecule has 0 heterocycles. The van der Waals surface area contributed by atoms with Crippen molar-refractivity contribution in [1.82, 2.24) is 15.5 Å². The van der Waals surface area contributed by atoms with Crippen LogP contribution in [0.1, 0.15) is 79.5 Å². The van der Waals surface area contributed by atoms with Crippen molar-refractivity contribution in [1.29, 1.82) is 0 Å². The molecule has 0 aliphatic heterocycles. The molecule has 2 unspecified atom stereocenters. The van der Waals surface area contributed by atoms with Crippen molar-refractivity contribution < 1.29 is 29.3 Å². The summed E-state index contributed by atoms with van der Waals surface area (Å²) in [6, 6.07) is 2.36. The summed E-state index contributed by atoms with van der Waals surface area (Å²) in [4.78, 5) is 40.9. The van der Waals surface area contributed by atoms with Gasteiger partial charge in [0, 0.05) is 16.6 Å². The summed E-state index contributed by atoms with van der Waals surface area (Å²) < 4.78 is 5.23. The highest BCUT2D eigenvalue weighted by Crippen LogP contribution is 2.36. The fourth-order valence-electron chi connectivity index (χ4n) is 3.39. The summed E-state index contributed by atoms with van der Waals surface area (Å²) in [6.07, 6.45) is -0.872. The van der Waals surface area contributed by atoms with Crippen LogP contribution in [-0.4, -0.2) is 62.3 Å². The van der Waals surface area contributed by atoms with Gasteiger partial charge in [0.25, 0.3) is 0 Å². The van der Waals surface area contributed by atoms with Crippen molar-refractivity contribution in [3.8, 4) is 5.75 Å². The number of phenolic OH excluding ortho intramolecular Hbond substituents is 1. The third-order valence-corrected chi connectivity index (χ3v) is 4.70. The van der Waals surface area contributed by atoms with E-state index >= 15 is 0 Å².